The van der Waals surface area contributed by atoms with E-state index < -0.39 is 0 Å². The van der Waals surface area contributed by atoms with Crippen LogP contribution in [0.2, 0.25) is 5.02 Å². The van der Waals surface area contributed by atoms with E-state index in [1.807, 2.05) is 6.92 Å². The summed E-state index contributed by atoms with van der Waals surface area (Å²) in [5.74, 6) is -0.751. The van der Waals surface area contributed by atoms with Crippen molar-refractivity contribution >= 4 is 40.5 Å². The molecule has 3 rings (SSSR count). The van der Waals surface area contributed by atoms with E-state index in [0.29, 0.717) is 27.5 Å². The van der Waals surface area contributed by atoms with E-state index in [2.05, 4.69) is 10.6 Å². The molecular formula is C15H12ClN3O2. The molecule has 0 saturated heterocycles. The SMILES string of the molecule is Cc1cc(N)c(Cl)cc1Nc1ccc2c(c1)C(=O)NC2=O. The first-order valence-corrected chi connectivity index (χ1v) is 6.66. The largest absolute Gasteiger partial charge is 0.398 e. The van der Waals surface area contributed by atoms with Crippen molar-refractivity contribution in [2.45, 2.75) is 6.92 Å². The molecule has 0 unspecified atom stereocenters. The van der Waals surface area contributed by atoms with Crippen LogP contribution in [0, 0.1) is 6.92 Å². The zero-order valence-corrected chi connectivity index (χ0v) is 11.9. The first-order chi connectivity index (χ1) is 9.95. The van der Waals surface area contributed by atoms with Gasteiger partial charge < -0.3 is 11.1 Å². The van der Waals surface area contributed by atoms with Gasteiger partial charge in [-0.25, -0.2) is 0 Å². The molecule has 4 N–H and O–H groups in total. The molecule has 2 aromatic carbocycles. The van der Waals surface area contributed by atoms with E-state index in [1.54, 1.807) is 30.3 Å². The van der Waals surface area contributed by atoms with Crippen molar-refractivity contribution < 1.29 is 9.59 Å². The molecule has 106 valence electrons. The first kappa shape index (κ1) is 13.5. The highest BCUT2D eigenvalue weighted by atomic mass is 35.5. The Bertz CT molecular complexity index is 787. The van der Waals surface area contributed by atoms with Gasteiger partial charge in [0.1, 0.15) is 0 Å². The second-order valence-electron chi connectivity index (χ2n) is 4.86. The molecule has 0 aromatic heterocycles. The molecule has 1 aliphatic heterocycles. The average molecular weight is 302 g/mol. The fourth-order valence-corrected chi connectivity index (χ4v) is 2.40. The summed E-state index contributed by atoms with van der Waals surface area (Å²) in [5.41, 5.74) is 9.42. The number of carbonyl (C=O) groups excluding carboxylic acids is 2. The maximum absolute atomic E-state index is 11.6. The number of imide groups is 1. The second kappa shape index (κ2) is 4.79. The van der Waals surface area contributed by atoms with Gasteiger partial charge in [-0.3, -0.25) is 14.9 Å². The number of hydrogen-bond donors (Lipinski definition) is 3. The minimum absolute atomic E-state index is 0.365. The fraction of sp³-hybridized carbons (Fsp3) is 0.0667. The van der Waals surface area contributed by atoms with Gasteiger partial charge in [0.2, 0.25) is 0 Å². The predicted octanol–water partition coefficient (Wildman–Crippen LogP) is 2.86. The van der Waals surface area contributed by atoms with Crippen LogP contribution in [0.25, 0.3) is 0 Å². The normalized spacial score (nSPS) is 13.0. The van der Waals surface area contributed by atoms with Crippen molar-refractivity contribution in [1.29, 1.82) is 0 Å². The van der Waals surface area contributed by atoms with Crippen LogP contribution in [0.5, 0.6) is 0 Å². The van der Waals surface area contributed by atoms with Crippen LogP contribution in [0.3, 0.4) is 0 Å². The van der Waals surface area contributed by atoms with E-state index in [9.17, 15) is 9.59 Å². The van der Waals surface area contributed by atoms with Gasteiger partial charge in [0.15, 0.2) is 0 Å². The lowest BCUT2D eigenvalue weighted by Crippen LogP contribution is -2.19. The highest BCUT2D eigenvalue weighted by molar-refractivity contribution is 6.33. The first-order valence-electron chi connectivity index (χ1n) is 6.28. The minimum atomic E-state index is -0.384. The van der Waals surface area contributed by atoms with Crippen molar-refractivity contribution in [2.75, 3.05) is 11.1 Å². The summed E-state index contributed by atoms with van der Waals surface area (Å²) in [7, 11) is 0. The predicted molar refractivity (Wildman–Crippen MR) is 82.1 cm³/mol. The lowest BCUT2D eigenvalue weighted by Gasteiger charge is -2.12. The molecule has 6 heteroatoms. The number of anilines is 3. The Morgan fingerprint density at radius 1 is 1.10 bits per heavy atom. The monoisotopic (exact) mass is 301 g/mol. The smallest absolute Gasteiger partial charge is 0.259 e. The van der Waals surface area contributed by atoms with Gasteiger partial charge in [-0.05, 0) is 42.8 Å². The maximum atomic E-state index is 11.6. The van der Waals surface area contributed by atoms with E-state index in [4.69, 9.17) is 17.3 Å². The number of nitrogens with one attached hydrogen (secondary N) is 2. The number of nitrogen functional groups attached to an aromatic ring is 1. The van der Waals surface area contributed by atoms with Gasteiger partial charge in [0.05, 0.1) is 21.8 Å². The van der Waals surface area contributed by atoms with Crippen LogP contribution >= 0.6 is 11.6 Å². The van der Waals surface area contributed by atoms with E-state index >= 15 is 0 Å². The van der Waals surface area contributed by atoms with Gasteiger partial charge in [0.25, 0.3) is 11.8 Å². The zero-order valence-electron chi connectivity index (χ0n) is 11.2. The fourth-order valence-electron chi connectivity index (χ4n) is 2.24. The lowest BCUT2D eigenvalue weighted by atomic mass is 10.1. The van der Waals surface area contributed by atoms with Crippen LogP contribution < -0.4 is 16.4 Å². The van der Waals surface area contributed by atoms with Crippen LogP contribution in [-0.2, 0) is 0 Å². The molecule has 0 spiro atoms. The van der Waals surface area contributed by atoms with Crippen LogP contribution in [-0.4, -0.2) is 11.8 Å². The number of halogens is 1. The molecule has 0 bridgehead atoms. The molecule has 1 heterocycles. The highest BCUT2D eigenvalue weighted by Crippen LogP contribution is 2.30. The number of benzene rings is 2. The molecule has 0 aliphatic carbocycles. The summed E-state index contributed by atoms with van der Waals surface area (Å²) < 4.78 is 0. The Hall–Kier alpha value is -2.53. The Balaban J connectivity index is 1.97. The Morgan fingerprint density at radius 3 is 2.57 bits per heavy atom. The third kappa shape index (κ3) is 2.32. The summed E-state index contributed by atoms with van der Waals surface area (Å²) >= 11 is 6.01. The Kier molecular flexibility index (Phi) is 3.07. The molecule has 2 amide bonds. The van der Waals surface area contributed by atoms with Crippen molar-refractivity contribution in [2.24, 2.45) is 0 Å². The van der Waals surface area contributed by atoms with Crippen LogP contribution in [0.4, 0.5) is 17.1 Å². The molecule has 0 radical (unpaired) electrons. The quantitative estimate of drug-likeness (QED) is 0.588. The highest BCUT2D eigenvalue weighted by Gasteiger charge is 2.26. The van der Waals surface area contributed by atoms with E-state index in [0.717, 1.165) is 11.3 Å². The number of amides is 2. The minimum Gasteiger partial charge on any atom is -0.398 e. The summed E-state index contributed by atoms with van der Waals surface area (Å²) in [5, 5.41) is 5.89. The van der Waals surface area contributed by atoms with Crippen molar-refractivity contribution in [1.82, 2.24) is 5.32 Å². The Morgan fingerprint density at radius 2 is 1.81 bits per heavy atom. The second-order valence-corrected chi connectivity index (χ2v) is 5.26. The van der Waals surface area contributed by atoms with Crippen LogP contribution in [0.1, 0.15) is 26.3 Å². The molecule has 2 aromatic rings. The standard InChI is InChI=1S/C15H12ClN3O2/c1-7-4-12(17)11(16)6-13(7)18-8-2-3-9-10(5-8)15(21)19-14(9)20/h2-6,18H,17H2,1H3,(H,19,20,21). The summed E-state index contributed by atoms with van der Waals surface area (Å²) in [6, 6.07) is 8.49. The van der Waals surface area contributed by atoms with E-state index in [-0.39, 0.29) is 11.8 Å². The Labute approximate surface area is 126 Å². The van der Waals surface area contributed by atoms with Gasteiger partial charge >= 0.3 is 0 Å². The molecule has 1 aliphatic rings. The number of fused-ring (bicyclic) bond motifs is 1. The molecule has 0 saturated carbocycles. The number of hydrogen-bond acceptors (Lipinski definition) is 4. The molecule has 5 nitrogen and oxygen atoms in total. The van der Waals surface area contributed by atoms with Gasteiger partial charge in [-0.1, -0.05) is 11.6 Å². The molecular weight excluding hydrogens is 290 g/mol. The van der Waals surface area contributed by atoms with Crippen molar-refractivity contribution in [3.63, 3.8) is 0 Å². The third-order valence-corrected chi connectivity index (χ3v) is 3.69. The number of carbonyl (C=O) groups is 2. The molecule has 0 fully saturated rings. The van der Waals surface area contributed by atoms with E-state index in [1.165, 1.54) is 0 Å². The third-order valence-electron chi connectivity index (χ3n) is 3.36. The van der Waals surface area contributed by atoms with Gasteiger partial charge in [0, 0.05) is 11.4 Å². The van der Waals surface area contributed by atoms with Gasteiger partial charge in [-0.2, -0.15) is 0 Å². The van der Waals surface area contributed by atoms with Crippen molar-refractivity contribution in [3.8, 4) is 0 Å². The number of aryl methyl sites for hydroxylation is 1. The van der Waals surface area contributed by atoms with Crippen LogP contribution in [0.15, 0.2) is 30.3 Å². The number of rotatable bonds is 2. The maximum Gasteiger partial charge on any atom is 0.259 e. The van der Waals surface area contributed by atoms with Crippen molar-refractivity contribution in [3.05, 3.63) is 52.0 Å². The summed E-state index contributed by atoms with van der Waals surface area (Å²) in [4.78, 5) is 23.1. The molecule has 21 heavy (non-hydrogen) atoms. The zero-order chi connectivity index (χ0) is 15.1. The average Bonchev–Trinajstić information content (AvgIpc) is 2.71. The lowest BCUT2D eigenvalue weighted by molar-refractivity contribution is 0.0879. The summed E-state index contributed by atoms with van der Waals surface area (Å²) in [6.45, 7) is 1.90. The van der Waals surface area contributed by atoms with Gasteiger partial charge in [-0.15, -0.1) is 0 Å². The molecule has 0 atom stereocenters. The summed E-state index contributed by atoms with van der Waals surface area (Å²) in [6.07, 6.45) is 0. The topological polar surface area (TPSA) is 84.2 Å². The number of nitrogens with two attached hydrogens (primary N) is 1.